The number of halogens is 1. The molecule has 0 amide bonds. The lowest BCUT2D eigenvalue weighted by atomic mass is 10.1. The summed E-state index contributed by atoms with van der Waals surface area (Å²) in [5.74, 6) is -0.264. The molecule has 0 atom stereocenters. The van der Waals surface area contributed by atoms with E-state index in [1.165, 1.54) is 6.07 Å². The van der Waals surface area contributed by atoms with E-state index < -0.39 is 0 Å². The highest BCUT2D eigenvalue weighted by atomic mass is 19.1. The average molecular weight is 430 g/mol. The zero-order valence-corrected chi connectivity index (χ0v) is 18.7. The van der Waals surface area contributed by atoms with E-state index in [0.29, 0.717) is 12.1 Å². The second-order valence-electron chi connectivity index (χ2n) is 8.22. The number of hydrogen-bond donors (Lipinski definition) is 0. The van der Waals surface area contributed by atoms with E-state index in [9.17, 15) is 4.39 Å². The maximum absolute atomic E-state index is 14.8. The molecule has 0 N–H and O–H groups in total. The molecule has 0 fully saturated rings. The number of benzene rings is 2. The maximum Gasteiger partial charge on any atom is 0.132 e. The van der Waals surface area contributed by atoms with Gasteiger partial charge in [-0.15, -0.1) is 0 Å². The molecule has 2 heterocycles. The third-order valence-electron chi connectivity index (χ3n) is 5.41. The third kappa shape index (κ3) is 4.93. The number of pyridine rings is 1. The Kier molecular flexibility index (Phi) is 6.73. The quantitative estimate of drug-likeness (QED) is 0.406. The van der Waals surface area contributed by atoms with Crippen LogP contribution in [0.1, 0.15) is 5.56 Å². The first-order valence-electron chi connectivity index (χ1n) is 10.7. The molecular weight excluding hydrogens is 401 g/mol. The second-order valence-corrected chi connectivity index (χ2v) is 8.22. The molecule has 0 saturated carbocycles. The molecule has 0 unspecified atom stereocenters. The molecule has 164 valence electrons. The molecule has 2 aromatic carbocycles. The highest BCUT2D eigenvalue weighted by Crippen LogP contribution is 2.30. The minimum absolute atomic E-state index is 0.264. The fourth-order valence-corrected chi connectivity index (χ4v) is 3.67. The second kappa shape index (κ2) is 9.85. The monoisotopic (exact) mass is 429 g/mol. The molecule has 0 radical (unpaired) electrons. The lowest BCUT2D eigenvalue weighted by Crippen LogP contribution is -2.28. The molecule has 0 aliphatic carbocycles. The molecule has 0 aliphatic heterocycles. The van der Waals surface area contributed by atoms with E-state index in [-0.39, 0.29) is 5.82 Å². The van der Waals surface area contributed by atoms with E-state index in [4.69, 9.17) is 0 Å². The Labute approximate surface area is 188 Å². The molecule has 5 nitrogen and oxygen atoms in total. The zero-order valence-electron chi connectivity index (χ0n) is 18.7. The van der Waals surface area contributed by atoms with Gasteiger partial charge < -0.3 is 9.80 Å². The first-order chi connectivity index (χ1) is 15.5. The summed E-state index contributed by atoms with van der Waals surface area (Å²) in [6, 6.07) is 20.8. The number of rotatable bonds is 8. The highest BCUT2D eigenvalue weighted by molar-refractivity contribution is 5.67. The number of nitrogens with zero attached hydrogens (tertiary/aromatic N) is 5. The van der Waals surface area contributed by atoms with Crippen LogP contribution in [0, 0.1) is 5.82 Å². The molecular formula is C26H28FN5. The summed E-state index contributed by atoms with van der Waals surface area (Å²) in [6.07, 6.45) is 3.62. The Morgan fingerprint density at radius 2 is 1.59 bits per heavy atom. The van der Waals surface area contributed by atoms with Gasteiger partial charge in [0.05, 0.1) is 29.5 Å². The number of likely N-dealkylation sites (N-methyl/N-ethyl adjacent to an activating group) is 2. The largest absolute Gasteiger partial charge is 0.308 e. The maximum atomic E-state index is 14.8. The van der Waals surface area contributed by atoms with Crippen LogP contribution >= 0.6 is 0 Å². The lowest BCUT2D eigenvalue weighted by Gasteiger charge is -2.20. The highest BCUT2D eigenvalue weighted by Gasteiger charge is 2.19. The Hall–Kier alpha value is -3.35. The van der Waals surface area contributed by atoms with Crippen molar-refractivity contribution in [3.8, 4) is 28.2 Å². The Morgan fingerprint density at radius 3 is 2.28 bits per heavy atom. The van der Waals surface area contributed by atoms with E-state index in [0.717, 1.165) is 41.3 Å². The van der Waals surface area contributed by atoms with Crippen LogP contribution in [-0.2, 0) is 6.54 Å². The van der Waals surface area contributed by atoms with Gasteiger partial charge in [0.2, 0.25) is 0 Å². The van der Waals surface area contributed by atoms with Crippen LogP contribution in [-0.4, -0.2) is 58.8 Å². The van der Waals surface area contributed by atoms with Crippen LogP contribution in [0.2, 0.25) is 0 Å². The predicted octanol–water partition coefficient (Wildman–Crippen LogP) is 4.73. The first-order valence-corrected chi connectivity index (χ1v) is 10.7. The van der Waals surface area contributed by atoms with Gasteiger partial charge in [0.25, 0.3) is 0 Å². The fourth-order valence-electron chi connectivity index (χ4n) is 3.67. The van der Waals surface area contributed by atoms with Crippen molar-refractivity contribution >= 4 is 0 Å². The van der Waals surface area contributed by atoms with Crippen molar-refractivity contribution in [3.63, 3.8) is 0 Å². The average Bonchev–Trinajstić information content (AvgIpc) is 3.22. The molecule has 4 rings (SSSR count). The van der Waals surface area contributed by atoms with Crippen molar-refractivity contribution in [2.24, 2.45) is 0 Å². The Bertz CT molecular complexity index is 1150. The summed E-state index contributed by atoms with van der Waals surface area (Å²) in [5, 5.41) is 4.63. The topological polar surface area (TPSA) is 37.2 Å². The normalized spacial score (nSPS) is 11.4. The van der Waals surface area contributed by atoms with Crippen molar-refractivity contribution < 1.29 is 4.39 Å². The minimum Gasteiger partial charge on any atom is -0.308 e. The van der Waals surface area contributed by atoms with Gasteiger partial charge in [-0.2, -0.15) is 5.10 Å². The van der Waals surface area contributed by atoms with Gasteiger partial charge in [0.1, 0.15) is 5.82 Å². The van der Waals surface area contributed by atoms with Gasteiger partial charge in [0.15, 0.2) is 0 Å². The number of hydrogen-bond acceptors (Lipinski definition) is 4. The molecule has 2 aromatic heterocycles. The van der Waals surface area contributed by atoms with Crippen molar-refractivity contribution in [1.82, 2.24) is 24.6 Å². The SMILES string of the molecule is CN(C)CCN(C)Cc1cnn(-c2ccc(-c3ccccc3)nc2)c1-c1ccccc1F. The Morgan fingerprint density at radius 1 is 0.844 bits per heavy atom. The van der Waals surface area contributed by atoms with Gasteiger partial charge in [-0.25, -0.2) is 9.07 Å². The van der Waals surface area contributed by atoms with Crippen molar-refractivity contribution in [2.75, 3.05) is 34.2 Å². The van der Waals surface area contributed by atoms with E-state index in [1.807, 2.05) is 54.7 Å². The molecule has 6 heteroatoms. The first kappa shape index (κ1) is 21.9. The predicted molar refractivity (Wildman–Crippen MR) is 127 cm³/mol. The molecule has 0 bridgehead atoms. The van der Waals surface area contributed by atoms with Crippen LogP contribution in [0.25, 0.3) is 28.2 Å². The van der Waals surface area contributed by atoms with Crippen LogP contribution < -0.4 is 0 Å². The molecule has 0 spiro atoms. The summed E-state index contributed by atoms with van der Waals surface area (Å²) in [6.45, 7) is 2.53. The van der Waals surface area contributed by atoms with Gasteiger partial charge >= 0.3 is 0 Å². The van der Waals surface area contributed by atoms with Gasteiger partial charge in [0, 0.05) is 36.3 Å². The van der Waals surface area contributed by atoms with E-state index >= 15 is 0 Å². The summed E-state index contributed by atoms with van der Waals surface area (Å²) in [5.41, 5.74) is 5.01. The number of aromatic nitrogens is 3. The minimum atomic E-state index is -0.264. The zero-order chi connectivity index (χ0) is 22.5. The summed E-state index contributed by atoms with van der Waals surface area (Å²) >= 11 is 0. The molecule has 0 saturated heterocycles. The Balaban J connectivity index is 1.71. The fraction of sp³-hybridized carbons (Fsp3) is 0.231. The van der Waals surface area contributed by atoms with Crippen LogP contribution in [0.4, 0.5) is 4.39 Å². The van der Waals surface area contributed by atoms with Crippen molar-refractivity contribution in [2.45, 2.75) is 6.54 Å². The van der Waals surface area contributed by atoms with Crippen LogP contribution in [0.15, 0.2) is 79.1 Å². The van der Waals surface area contributed by atoms with Crippen LogP contribution in [0.3, 0.4) is 0 Å². The van der Waals surface area contributed by atoms with E-state index in [2.05, 4.69) is 41.0 Å². The summed E-state index contributed by atoms with van der Waals surface area (Å²) < 4.78 is 16.6. The van der Waals surface area contributed by atoms with E-state index in [1.54, 1.807) is 23.0 Å². The van der Waals surface area contributed by atoms with Gasteiger partial charge in [-0.1, -0.05) is 42.5 Å². The third-order valence-corrected chi connectivity index (χ3v) is 5.41. The lowest BCUT2D eigenvalue weighted by molar-refractivity contribution is 0.276. The summed E-state index contributed by atoms with van der Waals surface area (Å²) in [4.78, 5) is 9.01. The molecule has 32 heavy (non-hydrogen) atoms. The van der Waals surface area contributed by atoms with Crippen molar-refractivity contribution in [3.05, 3.63) is 90.5 Å². The van der Waals surface area contributed by atoms with Crippen molar-refractivity contribution in [1.29, 1.82) is 0 Å². The molecule has 0 aliphatic rings. The smallest absolute Gasteiger partial charge is 0.132 e. The summed E-state index contributed by atoms with van der Waals surface area (Å²) in [7, 11) is 6.19. The van der Waals surface area contributed by atoms with Gasteiger partial charge in [-0.05, 0) is 45.4 Å². The van der Waals surface area contributed by atoms with Crippen LogP contribution in [0.5, 0.6) is 0 Å². The standard InChI is InChI=1S/C26H28FN5/c1-30(2)15-16-31(3)19-21-17-29-32(26(21)23-11-7-8-12-24(23)27)22-13-14-25(28-18-22)20-9-5-4-6-10-20/h4-14,17-18H,15-16,19H2,1-3H3. The molecule has 4 aromatic rings. The van der Waals surface area contributed by atoms with Gasteiger partial charge in [-0.3, -0.25) is 4.98 Å².